The average molecular weight is 337 g/mol. The number of rotatable bonds is 1. The van der Waals surface area contributed by atoms with Gasteiger partial charge in [0.2, 0.25) is 0 Å². The molecule has 0 heterocycles. The highest BCUT2D eigenvalue weighted by Crippen LogP contribution is 2.68. The van der Waals surface area contributed by atoms with Gasteiger partial charge in [-0.25, -0.2) is 0 Å². The van der Waals surface area contributed by atoms with Crippen molar-refractivity contribution < 1.29 is 15.3 Å². The zero-order valence-corrected chi connectivity index (χ0v) is 15.7. The third kappa shape index (κ3) is 2.07. The van der Waals surface area contributed by atoms with Crippen molar-refractivity contribution in [1.29, 1.82) is 0 Å². The fourth-order valence-electron chi connectivity index (χ4n) is 7.89. The quantitative estimate of drug-likeness (QED) is 0.687. The lowest BCUT2D eigenvalue weighted by Gasteiger charge is -2.62. The average Bonchev–Trinajstić information content (AvgIpc) is 2.82. The summed E-state index contributed by atoms with van der Waals surface area (Å²) in [5.74, 6) is 1.84. The minimum atomic E-state index is -0.539. The van der Waals surface area contributed by atoms with E-state index in [4.69, 9.17) is 0 Å². The van der Waals surface area contributed by atoms with Gasteiger partial charge >= 0.3 is 0 Å². The molecule has 4 rings (SSSR count). The molecule has 0 aromatic heterocycles. The monoisotopic (exact) mass is 336 g/mol. The molecule has 4 aliphatic rings. The fourth-order valence-corrected chi connectivity index (χ4v) is 7.89. The minimum Gasteiger partial charge on any atom is -0.393 e. The molecule has 0 saturated heterocycles. The lowest BCUT2D eigenvalue weighted by atomic mass is 9.43. The highest BCUT2D eigenvalue weighted by molar-refractivity contribution is 5.15. The van der Waals surface area contributed by atoms with E-state index in [1.807, 2.05) is 0 Å². The predicted octanol–water partition coefficient (Wildman–Crippen LogP) is 3.50. The molecule has 0 aromatic rings. The molecule has 0 bridgehead atoms. The molecule has 0 spiro atoms. The first-order chi connectivity index (χ1) is 11.2. The molecule has 4 saturated carbocycles. The molecular weight excluding hydrogens is 300 g/mol. The van der Waals surface area contributed by atoms with E-state index >= 15 is 0 Å². The van der Waals surface area contributed by atoms with Crippen molar-refractivity contribution >= 4 is 0 Å². The summed E-state index contributed by atoms with van der Waals surface area (Å²) in [4.78, 5) is 0. The molecule has 4 fully saturated rings. The van der Waals surface area contributed by atoms with E-state index in [0.29, 0.717) is 23.7 Å². The van der Waals surface area contributed by atoms with Crippen molar-refractivity contribution in [3.8, 4) is 0 Å². The summed E-state index contributed by atoms with van der Waals surface area (Å²) in [5.41, 5.74) is -0.290. The van der Waals surface area contributed by atoms with Gasteiger partial charge in [0.1, 0.15) is 0 Å². The second-order valence-corrected chi connectivity index (χ2v) is 10.1. The maximum Gasteiger partial charge on any atom is 0.0701 e. The number of hydrogen-bond acceptors (Lipinski definition) is 3. The second-order valence-electron chi connectivity index (χ2n) is 10.1. The first-order valence-corrected chi connectivity index (χ1v) is 10.3. The third-order valence-electron chi connectivity index (χ3n) is 9.56. The van der Waals surface area contributed by atoms with Gasteiger partial charge in [-0.2, -0.15) is 0 Å². The number of aliphatic hydroxyl groups is 3. The first-order valence-electron chi connectivity index (χ1n) is 10.3. The van der Waals surface area contributed by atoms with Crippen LogP contribution in [0.5, 0.6) is 0 Å². The predicted molar refractivity (Wildman–Crippen MR) is 94.4 cm³/mol. The second kappa shape index (κ2) is 5.44. The molecule has 0 amide bonds. The van der Waals surface area contributed by atoms with E-state index in [1.54, 1.807) is 0 Å². The standard InChI is InChI=1S/C21H36O3/c1-4-21(24)10-7-16-18-15(6-9-20(16,21)3)19(2)8-5-14(22)11-13(19)12-17(18)23/h13-18,22-24H,4-12H2,1-3H3/t13-,14-,15+,16+,17+,18-,19+,20+,21+/m1/s1. The molecular formula is C21H36O3. The Balaban J connectivity index is 1.68. The molecule has 4 aliphatic carbocycles. The maximum absolute atomic E-state index is 11.2. The molecule has 3 N–H and O–H groups in total. The smallest absolute Gasteiger partial charge is 0.0701 e. The highest BCUT2D eigenvalue weighted by atomic mass is 16.3. The highest BCUT2D eigenvalue weighted by Gasteiger charge is 2.65. The van der Waals surface area contributed by atoms with Crippen LogP contribution in [-0.4, -0.2) is 33.1 Å². The Morgan fingerprint density at radius 1 is 0.917 bits per heavy atom. The van der Waals surface area contributed by atoms with Gasteiger partial charge in [-0.15, -0.1) is 0 Å². The van der Waals surface area contributed by atoms with Crippen molar-refractivity contribution in [2.45, 2.75) is 96.4 Å². The molecule has 0 radical (unpaired) electrons. The normalized spacial score (nSPS) is 60.2. The Morgan fingerprint density at radius 3 is 2.33 bits per heavy atom. The van der Waals surface area contributed by atoms with E-state index in [-0.39, 0.29) is 23.0 Å². The van der Waals surface area contributed by atoms with Gasteiger partial charge in [-0.05, 0) is 92.3 Å². The summed E-state index contributed by atoms with van der Waals surface area (Å²) < 4.78 is 0. The van der Waals surface area contributed by atoms with Crippen molar-refractivity contribution in [2.24, 2.45) is 34.5 Å². The zero-order valence-electron chi connectivity index (χ0n) is 15.7. The Kier molecular flexibility index (Phi) is 3.92. The van der Waals surface area contributed by atoms with Crippen LogP contribution in [0.4, 0.5) is 0 Å². The van der Waals surface area contributed by atoms with Gasteiger partial charge in [0.25, 0.3) is 0 Å². The largest absolute Gasteiger partial charge is 0.393 e. The fraction of sp³-hybridized carbons (Fsp3) is 1.00. The van der Waals surface area contributed by atoms with Crippen molar-refractivity contribution in [3.63, 3.8) is 0 Å². The van der Waals surface area contributed by atoms with E-state index in [1.165, 1.54) is 0 Å². The molecule has 3 heteroatoms. The lowest BCUT2D eigenvalue weighted by molar-refractivity contribution is -0.192. The van der Waals surface area contributed by atoms with Crippen LogP contribution in [0.2, 0.25) is 0 Å². The van der Waals surface area contributed by atoms with E-state index in [2.05, 4.69) is 20.8 Å². The van der Waals surface area contributed by atoms with E-state index < -0.39 is 5.60 Å². The molecule has 24 heavy (non-hydrogen) atoms. The summed E-state index contributed by atoms with van der Waals surface area (Å²) in [6, 6.07) is 0. The van der Waals surface area contributed by atoms with Crippen LogP contribution in [0.3, 0.4) is 0 Å². The molecule has 9 atom stereocenters. The number of hydrogen-bond donors (Lipinski definition) is 3. The molecule has 0 aromatic carbocycles. The van der Waals surface area contributed by atoms with Crippen LogP contribution >= 0.6 is 0 Å². The Hall–Kier alpha value is -0.120. The lowest BCUT2D eigenvalue weighted by Crippen LogP contribution is -2.60. The summed E-state index contributed by atoms with van der Waals surface area (Å²) in [5, 5.41) is 32.5. The van der Waals surface area contributed by atoms with Crippen molar-refractivity contribution in [3.05, 3.63) is 0 Å². The summed E-state index contributed by atoms with van der Waals surface area (Å²) in [7, 11) is 0. The Morgan fingerprint density at radius 2 is 1.62 bits per heavy atom. The van der Waals surface area contributed by atoms with Gasteiger partial charge in [-0.3, -0.25) is 0 Å². The zero-order chi connectivity index (χ0) is 17.3. The van der Waals surface area contributed by atoms with Crippen LogP contribution in [0.15, 0.2) is 0 Å². The van der Waals surface area contributed by atoms with Crippen LogP contribution in [-0.2, 0) is 0 Å². The Labute approximate surface area is 146 Å². The SMILES string of the molecule is CC[C@]1(O)CC[C@H]2[C@@H]3[C@@H](O)C[C@H]4C[C@H](O)CC[C@]4(C)[C@H]3CC[C@@]21C. The summed E-state index contributed by atoms with van der Waals surface area (Å²) >= 11 is 0. The molecule has 0 aliphatic heterocycles. The molecule has 0 unspecified atom stereocenters. The van der Waals surface area contributed by atoms with Gasteiger partial charge in [-0.1, -0.05) is 20.8 Å². The number of aliphatic hydroxyl groups excluding tert-OH is 2. The summed E-state index contributed by atoms with van der Waals surface area (Å²) in [6.45, 7) is 6.86. The van der Waals surface area contributed by atoms with Crippen LogP contribution in [0.1, 0.15) is 78.6 Å². The maximum atomic E-state index is 11.2. The van der Waals surface area contributed by atoms with E-state index in [9.17, 15) is 15.3 Å². The minimum absolute atomic E-state index is 0.0265. The van der Waals surface area contributed by atoms with Crippen molar-refractivity contribution in [2.75, 3.05) is 0 Å². The van der Waals surface area contributed by atoms with Gasteiger partial charge in [0, 0.05) is 0 Å². The topological polar surface area (TPSA) is 60.7 Å². The van der Waals surface area contributed by atoms with Crippen LogP contribution in [0, 0.1) is 34.5 Å². The van der Waals surface area contributed by atoms with Crippen molar-refractivity contribution in [1.82, 2.24) is 0 Å². The van der Waals surface area contributed by atoms with Gasteiger partial charge in [0.15, 0.2) is 0 Å². The third-order valence-corrected chi connectivity index (χ3v) is 9.56. The van der Waals surface area contributed by atoms with Crippen LogP contribution < -0.4 is 0 Å². The molecule has 3 nitrogen and oxygen atoms in total. The molecule has 138 valence electrons. The first kappa shape index (κ1) is 17.3. The van der Waals surface area contributed by atoms with Crippen LogP contribution in [0.25, 0.3) is 0 Å². The van der Waals surface area contributed by atoms with E-state index in [0.717, 1.165) is 57.8 Å². The number of fused-ring (bicyclic) bond motifs is 5. The Bertz CT molecular complexity index is 507. The van der Waals surface area contributed by atoms with Gasteiger partial charge < -0.3 is 15.3 Å². The van der Waals surface area contributed by atoms with Gasteiger partial charge in [0.05, 0.1) is 17.8 Å². The summed E-state index contributed by atoms with van der Waals surface area (Å²) in [6.07, 6.45) is 8.38.